The zero-order chi connectivity index (χ0) is 11.9. The molecule has 1 aliphatic heterocycles. The van der Waals surface area contributed by atoms with Crippen molar-refractivity contribution in [2.45, 2.75) is 38.5 Å². The number of rotatable bonds is 2. The molecule has 1 aliphatic carbocycles. The Hall–Kier alpha value is -0.650. The summed E-state index contributed by atoms with van der Waals surface area (Å²) >= 11 is 0. The van der Waals surface area contributed by atoms with Crippen LogP contribution in [0.25, 0.3) is 0 Å². The average molecular weight is 228 g/mol. The number of ether oxygens (including phenoxy) is 1. The van der Waals surface area contributed by atoms with E-state index in [-0.39, 0.29) is 35.4 Å². The lowest BCUT2D eigenvalue weighted by Crippen LogP contribution is -2.62. The summed E-state index contributed by atoms with van der Waals surface area (Å²) < 4.78 is 5.16. The highest BCUT2D eigenvalue weighted by atomic mass is 16.5. The third kappa shape index (κ3) is 1.83. The smallest absolute Gasteiger partial charge is 0.227 e. The van der Waals surface area contributed by atoms with Gasteiger partial charge in [0.1, 0.15) is 0 Å². The Morgan fingerprint density at radius 1 is 1.50 bits per heavy atom. The van der Waals surface area contributed by atoms with Gasteiger partial charge in [-0.2, -0.15) is 0 Å². The van der Waals surface area contributed by atoms with Crippen molar-refractivity contribution in [3.05, 3.63) is 0 Å². The fourth-order valence-electron chi connectivity index (χ4n) is 2.27. The molecule has 2 aliphatic rings. The van der Waals surface area contributed by atoms with Crippen molar-refractivity contribution >= 4 is 5.91 Å². The number of aliphatic hydroxyl groups is 1. The molecule has 5 nitrogen and oxygen atoms in total. The Morgan fingerprint density at radius 2 is 2.19 bits per heavy atom. The van der Waals surface area contributed by atoms with Gasteiger partial charge in [0.2, 0.25) is 5.91 Å². The van der Waals surface area contributed by atoms with E-state index in [4.69, 9.17) is 10.5 Å². The number of hydrogen-bond donors (Lipinski definition) is 3. The summed E-state index contributed by atoms with van der Waals surface area (Å²) in [4.78, 5) is 11.9. The number of hydrogen-bond acceptors (Lipinski definition) is 4. The predicted octanol–water partition coefficient (Wildman–Crippen LogP) is -0.764. The van der Waals surface area contributed by atoms with Crippen LogP contribution in [-0.4, -0.2) is 42.4 Å². The van der Waals surface area contributed by atoms with Crippen molar-refractivity contribution in [2.75, 3.05) is 13.2 Å². The van der Waals surface area contributed by atoms with Crippen molar-refractivity contribution < 1.29 is 14.6 Å². The molecule has 2 rings (SSSR count). The molecule has 5 heteroatoms. The maximum atomic E-state index is 11.9. The van der Waals surface area contributed by atoms with E-state index in [2.05, 4.69) is 5.32 Å². The maximum absolute atomic E-state index is 11.9. The second kappa shape index (κ2) is 3.98. The van der Waals surface area contributed by atoms with Gasteiger partial charge in [0.05, 0.1) is 25.2 Å². The van der Waals surface area contributed by atoms with E-state index in [0.717, 1.165) is 0 Å². The Morgan fingerprint density at radius 3 is 2.62 bits per heavy atom. The van der Waals surface area contributed by atoms with Crippen molar-refractivity contribution in [1.29, 1.82) is 0 Å². The second-order valence-corrected chi connectivity index (χ2v) is 5.44. The maximum Gasteiger partial charge on any atom is 0.227 e. The molecule has 0 aromatic carbocycles. The first kappa shape index (κ1) is 11.8. The standard InChI is InChI=1S/C11H20N2O3/c1-11(2)8(3-9(11)14)13-10(15)6-4-16-5-7(6)12/h6-9,14H,3-5,12H2,1-2H3,(H,13,15). The van der Waals surface area contributed by atoms with Gasteiger partial charge in [0, 0.05) is 17.5 Å². The molecule has 4 unspecified atom stereocenters. The van der Waals surface area contributed by atoms with Crippen molar-refractivity contribution in [2.24, 2.45) is 17.1 Å². The monoisotopic (exact) mass is 228 g/mol. The molecule has 1 saturated carbocycles. The van der Waals surface area contributed by atoms with E-state index in [1.54, 1.807) is 0 Å². The second-order valence-electron chi connectivity index (χ2n) is 5.44. The first-order valence-corrected chi connectivity index (χ1v) is 5.74. The minimum Gasteiger partial charge on any atom is -0.392 e. The molecule has 0 aromatic rings. The van der Waals surface area contributed by atoms with Crippen LogP contribution in [0.4, 0.5) is 0 Å². The number of carbonyl (C=O) groups is 1. The van der Waals surface area contributed by atoms with Crippen LogP contribution < -0.4 is 11.1 Å². The van der Waals surface area contributed by atoms with Crippen molar-refractivity contribution in [3.8, 4) is 0 Å². The summed E-state index contributed by atoms with van der Waals surface area (Å²) in [6.07, 6.45) is 0.299. The number of aliphatic hydroxyl groups excluding tert-OH is 1. The van der Waals surface area contributed by atoms with Gasteiger partial charge in [-0.1, -0.05) is 13.8 Å². The average Bonchev–Trinajstić information content (AvgIpc) is 2.64. The normalized spacial score (nSPS) is 41.5. The molecule has 0 spiro atoms. The highest BCUT2D eigenvalue weighted by Gasteiger charge is 2.48. The van der Waals surface area contributed by atoms with Crippen LogP contribution >= 0.6 is 0 Å². The quantitative estimate of drug-likeness (QED) is 0.580. The molecule has 16 heavy (non-hydrogen) atoms. The largest absolute Gasteiger partial charge is 0.392 e. The van der Waals surface area contributed by atoms with Crippen LogP contribution in [0.15, 0.2) is 0 Å². The number of nitrogens with one attached hydrogen (secondary N) is 1. The summed E-state index contributed by atoms with van der Waals surface area (Å²) in [5.41, 5.74) is 5.54. The molecule has 0 bridgehead atoms. The Bertz CT molecular complexity index is 293. The highest BCUT2D eigenvalue weighted by molar-refractivity contribution is 5.80. The van der Waals surface area contributed by atoms with Crippen LogP contribution in [-0.2, 0) is 9.53 Å². The highest BCUT2D eigenvalue weighted by Crippen LogP contribution is 2.40. The molecule has 4 atom stereocenters. The Labute approximate surface area is 95.3 Å². The minimum absolute atomic E-state index is 0.0443. The van der Waals surface area contributed by atoms with Crippen molar-refractivity contribution in [3.63, 3.8) is 0 Å². The Kier molecular flexibility index (Phi) is 2.94. The minimum atomic E-state index is -0.327. The molecule has 1 saturated heterocycles. The number of carbonyl (C=O) groups excluding carboxylic acids is 1. The van der Waals surface area contributed by atoms with Gasteiger partial charge in [0.15, 0.2) is 0 Å². The third-order valence-electron chi connectivity index (χ3n) is 3.99. The first-order chi connectivity index (χ1) is 7.43. The van der Waals surface area contributed by atoms with Crippen LogP contribution in [0.1, 0.15) is 20.3 Å². The molecule has 2 fully saturated rings. The first-order valence-electron chi connectivity index (χ1n) is 5.74. The van der Waals surface area contributed by atoms with E-state index in [1.807, 2.05) is 13.8 Å². The fourth-order valence-corrected chi connectivity index (χ4v) is 2.27. The van der Waals surface area contributed by atoms with Gasteiger partial charge >= 0.3 is 0 Å². The lowest BCUT2D eigenvalue weighted by molar-refractivity contribution is -0.133. The molecule has 92 valence electrons. The van der Waals surface area contributed by atoms with Crippen molar-refractivity contribution in [1.82, 2.24) is 5.32 Å². The van der Waals surface area contributed by atoms with E-state index in [1.165, 1.54) is 0 Å². The molecule has 0 aromatic heterocycles. The SMILES string of the molecule is CC1(C)C(O)CC1NC(=O)C1COCC1N. The fraction of sp³-hybridized carbons (Fsp3) is 0.909. The predicted molar refractivity (Wildman–Crippen MR) is 58.6 cm³/mol. The lowest BCUT2D eigenvalue weighted by Gasteiger charge is -2.49. The lowest BCUT2D eigenvalue weighted by atomic mass is 9.64. The third-order valence-corrected chi connectivity index (χ3v) is 3.99. The van der Waals surface area contributed by atoms with Gasteiger partial charge in [-0.05, 0) is 6.42 Å². The van der Waals surface area contributed by atoms with Gasteiger partial charge in [-0.25, -0.2) is 0 Å². The number of amides is 1. The molecular formula is C11H20N2O3. The van der Waals surface area contributed by atoms with E-state index < -0.39 is 0 Å². The summed E-state index contributed by atoms with van der Waals surface area (Å²) in [7, 11) is 0. The van der Waals surface area contributed by atoms with E-state index >= 15 is 0 Å². The molecular weight excluding hydrogens is 208 g/mol. The summed E-state index contributed by atoms with van der Waals surface area (Å²) in [6, 6.07) is -0.157. The summed E-state index contributed by atoms with van der Waals surface area (Å²) in [5, 5.41) is 12.5. The van der Waals surface area contributed by atoms with Crippen LogP contribution in [0.3, 0.4) is 0 Å². The van der Waals surface area contributed by atoms with Gasteiger partial charge < -0.3 is 20.9 Å². The van der Waals surface area contributed by atoms with Gasteiger partial charge in [-0.3, -0.25) is 4.79 Å². The van der Waals surface area contributed by atoms with Crippen LogP contribution in [0, 0.1) is 11.3 Å². The molecule has 1 amide bonds. The zero-order valence-corrected chi connectivity index (χ0v) is 9.77. The van der Waals surface area contributed by atoms with Crippen LogP contribution in [0.5, 0.6) is 0 Å². The zero-order valence-electron chi connectivity index (χ0n) is 9.77. The molecule has 0 radical (unpaired) electrons. The van der Waals surface area contributed by atoms with E-state index in [0.29, 0.717) is 19.6 Å². The van der Waals surface area contributed by atoms with E-state index in [9.17, 15) is 9.90 Å². The molecule has 1 heterocycles. The number of nitrogens with two attached hydrogens (primary N) is 1. The van der Waals surface area contributed by atoms with Gasteiger partial charge in [0.25, 0.3) is 0 Å². The molecule has 4 N–H and O–H groups in total. The summed E-state index contributed by atoms with van der Waals surface area (Å²) in [5.74, 6) is -0.288. The van der Waals surface area contributed by atoms with Crippen LogP contribution in [0.2, 0.25) is 0 Å². The summed E-state index contributed by atoms with van der Waals surface area (Å²) in [6.45, 7) is 4.77. The van der Waals surface area contributed by atoms with Gasteiger partial charge in [-0.15, -0.1) is 0 Å². The Balaban J connectivity index is 1.89. The topological polar surface area (TPSA) is 84.6 Å².